The Kier molecular flexibility index (Phi) is 6.16. The number of hydrazine groups is 1. The van der Waals surface area contributed by atoms with Gasteiger partial charge in [0.05, 0.1) is 18.0 Å². The highest BCUT2D eigenvalue weighted by Gasteiger charge is 2.19. The molecule has 3 amide bonds. The maximum atomic E-state index is 12.2. The van der Waals surface area contributed by atoms with Crippen LogP contribution in [-0.4, -0.2) is 17.7 Å². The van der Waals surface area contributed by atoms with Crippen molar-refractivity contribution in [2.24, 2.45) is 0 Å². The molecule has 1 heterocycles. The first-order chi connectivity index (χ1) is 12.3. The van der Waals surface area contributed by atoms with Crippen molar-refractivity contribution in [3.63, 3.8) is 0 Å². The molecule has 0 bridgehead atoms. The molecule has 26 heavy (non-hydrogen) atoms. The Balaban J connectivity index is 1.98. The molecule has 1 aromatic carbocycles. The number of benzene rings is 1. The lowest BCUT2D eigenvalue weighted by molar-refractivity contribution is -0.123. The third-order valence-electron chi connectivity index (χ3n) is 3.85. The van der Waals surface area contributed by atoms with E-state index in [1.165, 1.54) is 6.92 Å². The van der Waals surface area contributed by atoms with Gasteiger partial charge in [0.15, 0.2) is 0 Å². The Labute approximate surface area is 152 Å². The minimum Gasteiger partial charge on any atom is -0.466 e. The largest absolute Gasteiger partial charge is 0.466 e. The SMILES string of the molecule is CC(=O)NC(CC(=O)NNC(=O)c1cc(C)oc1C)c1ccc(C)cc1. The fraction of sp³-hybridized carbons (Fsp3) is 0.316. The summed E-state index contributed by atoms with van der Waals surface area (Å²) in [6, 6.07) is 8.66. The van der Waals surface area contributed by atoms with E-state index in [1.807, 2.05) is 31.2 Å². The number of amides is 3. The van der Waals surface area contributed by atoms with E-state index in [0.29, 0.717) is 17.1 Å². The van der Waals surface area contributed by atoms with E-state index in [-0.39, 0.29) is 12.3 Å². The van der Waals surface area contributed by atoms with Gasteiger partial charge in [-0.2, -0.15) is 0 Å². The van der Waals surface area contributed by atoms with E-state index in [0.717, 1.165) is 11.1 Å². The maximum Gasteiger partial charge on any atom is 0.273 e. The summed E-state index contributed by atoms with van der Waals surface area (Å²) in [4.78, 5) is 35.7. The number of carbonyl (C=O) groups excluding carboxylic acids is 3. The Hall–Kier alpha value is -3.09. The van der Waals surface area contributed by atoms with E-state index < -0.39 is 17.9 Å². The number of aryl methyl sites for hydroxylation is 3. The molecular formula is C19H23N3O4. The second kappa shape index (κ2) is 8.33. The zero-order chi connectivity index (χ0) is 19.3. The van der Waals surface area contributed by atoms with Gasteiger partial charge in [-0.05, 0) is 32.4 Å². The molecule has 1 unspecified atom stereocenters. The molecule has 138 valence electrons. The molecule has 0 fully saturated rings. The molecule has 2 aromatic rings. The van der Waals surface area contributed by atoms with Gasteiger partial charge in [-0.1, -0.05) is 29.8 Å². The van der Waals surface area contributed by atoms with Crippen LogP contribution >= 0.6 is 0 Å². The Morgan fingerprint density at radius 2 is 1.69 bits per heavy atom. The van der Waals surface area contributed by atoms with Gasteiger partial charge in [0, 0.05) is 6.92 Å². The van der Waals surface area contributed by atoms with Gasteiger partial charge in [-0.25, -0.2) is 0 Å². The summed E-state index contributed by atoms with van der Waals surface area (Å²) in [5.41, 5.74) is 6.99. The van der Waals surface area contributed by atoms with Crippen LogP contribution in [0.4, 0.5) is 0 Å². The maximum absolute atomic E-state index is 12.2. The first-order valence-electron chi connectivity index (χ1n) is 8.26. The lowest BCUT2D eigenvalue weighted by atomic mass is 10.0. The van der Waals surface area contributed by atoms with Crippen molar-refractivity contribution in [3.8, 4) is 0 Å². The molecule has 2 rings (SSSR count). The van der Waals surface area contributed by atoms with Crippen molar-refractivity contribution < 1.29 is 18.8 Å². The Bertz CT molecular complexity index is 809. The van der Waals surface area contributed by atoms with Crippen LogP contribution in [0.2, 0.25) is 0 Å². The number of carbonyl (C=O) groups is 3. The molecule has 0 aliphatic heterocycles. The summed E-state index contributed by atoms with van der Waals surface area (Å²) in [5.74, 6) is -0.0272. The van der Waals surface area contributed by atoms with Crippen molar-refractivity contribution in [1.82, 2.24) is 16.2 Å². The molecule has 0 aliphatic rings. The molecule has 7 heteroatoms. The average molecular weight is 357 g/mol. The van der Waals surface area contributed by atoms with Crippen LogP contribution in [0.1, 0.15) is 52.4 Å². The van der Waals surface area contributed by atoms with E-state index >= 15 is 0 Å². The molecule has 0 saturated carbocycles. The zero-order valence-corrected chi connectivity index (χ0v) is 15.3. The third-order valence-corrected chi connectivity index (χ3v) is 3.85. The summed E-state index contributed by atoms with van der Waals surface area (Å²) in [5, 5.41) is 2.75. The van der Waals surface area contributed by atoms with Crippen LogP contribution in [0.5, 0.6) is 0 Å². The quantitative estimate of drug-likeness (QED) is 0.714. The monoisotopic (exact) mass is 357 g/mol. The van der Waals surface area contributed by atoms with Crippen LogP contribution < -0.4 is 16.2 Å². The van der Waals surface area contributed by atoms with Crippen molar-refractivity contribution in [2.75, 3.05) is 0 Å². The standard InChI is InChI=1S/C19H23N3O4/c1-11-5-7-15(8-6-11)17(20-14(4)23)10-18(24)21-22-19(25)16-9-12(2)26-13(16)3/h5-9,17H,10H2,1-4H3,(H,20,23)(H,21,24)(H,22,25). The normalized spacial score (nSPS) is 11.5. The van der Waals surface area contributed by atoms with Crippen LogP contribution in [0.15, 0.2) is 34.7 Å². The molecule has 1 aromatic heterocycles. The minimum atomic E-state index is -0.483. The topological polar surface area (TPSA) is 100 Å². The molecule has 7 nitrogen and oxygen atoms in total. The highest BCUT2D eigenvalue weighted by atomic mass is 16.3. The van der Waals surface area contributed by atoms with Crippen LogP contribution in [0, 0.1) is 20.8 Å². The van der Waals surface area contributed by atoms with Gasteiger partial charge in [0.2, 0.25) is 11.8 Å². The Morgan fingerprint density at radius 3 is 2.23 bits per heavy atom. The molecule has 3 N–H and O–H groups in total. The van der Waals surface area contributed by atoms with E-state index in [2.05, 4.69) is 16.2 Å². The lowest BCUT2D eigenvalue weighted by Crippen LogP contribution is -2.43. The summed E-state index contributed by atoms with van der Waals surface area (Å²) in [7, 11) is 0. The van der Waals surface area contributed by atoms with Crippen molar-refractivity contribution in [1.29, 1.82) is 0 Å². The average Bonchev–Trinajstić information content (AvgIpc) is 2.91. The number of furan rings is 1. The predicted molar refractivity (Wildman–Crippen MR) is 96.1 cm³/mol. The number of hydrogen-bond acceptors (Lipinski definition) is 4. The highest BCUT2D eigenvalue weighted by Crippen LogP contribution is 2.17. The van der Waals surface area contributed by atoms with E-state index in [1.54, 1.807) is 19.9 Å². The van der Waals surface area contributed by atoms with Gasteiger partial charge in [0.1, 0.15) is 11.5 Å². The minimum absolute atomic E-state index is 0.00762. The van der Waals surface area contributed by atoms with E-state index in [4.69, 9.17) is 4.42 Å². The molecule has 0 saturated heterocycles. The summed E-state index contributed by atoms with van der Waals surface area (Å²) < 4.78 is 5.30. The smallest absolute Gasteiger partial charge is 0.273 e. The predicted octanol–water partition coefficient (Wildman–Crippen LogP) is 2.23. The fourth-order valence-electron chi connectivity index (χ4n) is 2.58. The summed E-state index contributed by atoms with van der Waals surface area (Å²) in [6.07, 6.45) is -0.00762. The molecular weight excluding hydrogens is 334 g/mol. The van der Waals surface area contributed by atoms with Crippen LogP contribution in [-0.2, 0) is 9.59 Å². The van der Waals surface area contributed by atoms with Gasteiger partial charge >= 0.3 is 0 Å². The van der Waals surface area contributed by atoms with Gasteiger partial charge in [-0.3, -0.25) is 25.2 Å². The summed E-state index contributed by atoms with van der Waals surface area (Å²) >= 11 is 0. The lowest BCUT2D eigenvalue weighted by Gasteiger charge is -2.18. The second-order valence-corrected chi connectivity index (χ2v) is 6.20. The van der Waals surface area contributed by atoms with Gasteiger partial charge < -0.3 is 9.73 Å². The van der Waals surface area contributed by atoms with Gasteiger partial charge in [0.25, 0.3) is 5.91 Å². The number of hydrogen-bond donors (Lipinski definition) is 3. The van der Waals surface area contributed by atoms with Gasteiger partial charge in [-0.15, -0.1) is 0 Å². The molecule has 0 radical (unpaired) electrons. The first kappa shape index (κ1) is 19.2. The number of nitrogens with one attached hydrogen (secondary N) is 3. The molecule has 1 atom stereocenters. The second-order valence-electron chi connectivity index (χ2n) is 6.20. The first-order valence-corrected chi connectivity index (χ1v) is 8.26. The van der Waals surface area contributed by atoms with Crippen LogP contribution in [0.3, 0.4) is 0 Å². The molecule has 0 aliphatic carbocycles. The fourth-order valence-corrected chi connectivity index (χ4v) is 2.58. The highest BCUT2D eigenvalue weighted by molar-refractivity contribution is 5.96. The Morgan fingerprint density at radius 1 is 1.04 bits per heavy atom. The van der Waals surface area contributed by atoms with Crippen molar-refractivity contribution in [2.45, 2.75) is 40.2 Å². The van der Waals surface area contributed by atoms with Crippen molar-refractivity contribution in [3.05, 3.63) is 58.5 Å². The van der Waals surface area contributed by atoms with Crippen molar-refractivity contribution >= 4 is 17.7 Å². The number of rotatable bonds is 5. The summed E-state index contributed by atoms with van der Waals surface area (Å²) in [6.45, 7) is 6.76. The third kappa shape index (κ3) is 5.20. The van der Waals surface area contributed by atoms with Crippen LogP contribution in [0.25, 0.3) is 0 Å². The van der Waals surface area contributed by atoms with E-state index in [9.17, 15) is 14.4 Å². The molecule has 0 spiro atoms. The zero-order valence-electron chi connectivity index (χ0n) is 15.3.